The van der Waals surface area contributed by atoms with Crippen molar-refractivity contribution in [2.75, 3.05) is 11.9 Å². The zero-order valence-corrected chi connectivity index (χ0v) is 17.6. The molecule has 0 bridgehead atoms. The molecule has 0 aliphatic heterocycles. The van der Waals surface area contributed by atoms with Gasteiger partial charge in [-0.1, -0.05) is 72.4 Å². The summed E-state index contributed by atoms with van der Waals surface area (Å²) >= 11 is 1.57. The highest BCUT2D eigenvalue weighted by atomic mass is 32.2. The van der Waals surface area contributed by atoms with Crippen LogP contribution in [0.2, 0.25) is 0 Å². The van der Waals surface area contributed by atoms with Gasteiger partial charge in [-0.25, -0.2) is 0 Å². The molecule has 5 heteroatoms. The summed E-state index contributed by atoms with van der Waals surface area (Å²) in [6, 6.07) is 29.6. The minimum atomic E-state index is -0.412. The molecule has 0 aliphatic carbocycles. The second-order valence-corrected chi connectivity index (χ2v) is 7.68. The zero-order valence-electron chi connectivity index (χ0n) is 16.8. The fourth-order valence-electron chi connectivity index (χ4n) is 2.85. The van der Waals surface area contributed by atoms with E-state index in [0.29, 0.717) is 18.8 Å². The number of benzene rings is 3. The number of anilines is 1. The summed E-state index contributed by atoms with van der Waals surface area (Å²) < 4.78 is 0. The van der Waals surface area contributed by atoms with Crippen LogP contribution in [0.15, 0.2) is 106 Å². The molecule has 0 spiro atoms. The van der Waals surface area contributed by atoms with Crippen LogP contribution in [0.5, 0.6) is 0 Å². The highest BCUT2D eigenvalue weighted by Crippen LogP contribution is 2.33. The monoisotopic (exact) mass is 413 g/mol. The summed E-state index contributed by atoms with van der Waals surface area (Å²) in [5.74, 6) is -0.412. The van der Waals surface area contributed by atoms with Crippen molar-refractivity contribution in [1.29, 1.82) is 5.26 Å². The molecule has 0 radical (unpaired) electrons. The molecule has 3 aromatic rings. The van der Waals surface area contributed by atoms with Crippen molar-refractivity contribution in [3.63, 3.8) is 0 Å². The van der Waals surface area contributed by atoms with Crippen LogP contribution in [-0.4, -0.2) is 17.4 Å². The van der Waals surface area contributed by atoms with Crippen LogP contribution in [0, 0.1) is 11.3 Å². The second-order valence-electron chi connectivity index (χ2n) is 6.57. The van der Waals surface area contributed by atoms with Crippen molar-refractivity contribution >= 4 is 23.4 Å². The molecule has 0 fully saturated rings. The quantitative estimate of drug-likeness (QED) is 0.380. The first-order valence-corrected chi connectivity index (χ1v) is 10.5. The lowest BCUT2D eigenvalue weighted by molar-refractivity contribution is -0.112. The molecule has 0 saturated carbocycles. The van der Waals surface area contributed by atoms with Crippen molar-refractivity contribution in [1.82, 2.24) is 4.90 Å². The van der Waals surface area contributed by atoms with Gasteiger partial charge in [0.05, 0.1) is 5.69 Å². The Hall–Kier alpha value is -3.49. The molecule has 1 N–H and O–H groups in total. The molecule has 30 heavy (non-hydrogen) atoms. The molecule has 4 nitrogen and oxygen atoms in total. The van der Waals surface area contributed by atoms with Crippen LogP contribution in [0.4, 0.5) is 5.69 Å². The Bertz CT molecular complexity index is 1040. The molecular formula is C25H23N3OS. The molecule has 0 unspecified atom stereocenters. The van der Waals surface area contributed by atoms with Gasteiger partial charge in [0.15, 0.2) is 0 Å². The van der Waals surface area contributed by atoms with Crippen molar-refractivity contribution in [2.24, 2.45) is 0 Å². The van der Waals surface area contributed by atoms with Crippen molar-refractivity contribution in [3.05, 3.63) is 102 Å². The Kier molecular flexibility index (Phi) is 7.71. The molecule has 0 atom stereocenters. The van der Waals surface area contributed by atoms with E-state index in [0.717, 1.165) is 15.4 Å². The largest absolute Gasteiger partial charge is 0.372 e. The number of carbonyl (C=O) groups excluding carboxylic acids is 1. The SMILES string of the molecule is CCN(/C=C(/C#N)C(=O)Nc1ccccc1Sc1ccccc1)Cc1ccccc1. The number of nitrogens with zero attached hydrogens (tertiary/aromatic N) is 2. The van der Waals surface area contributed by atoms with E-state index in [1.807, 2.05) is 103 Å². The lowest BCUT2D eigenvalue weighted by Gasteiger charge is -2.19. The molecule has 3 aromatic carbocycles. The maximum atomic E-state index is 12.8. The molecule has 0 saturated heterocycles. The predicted octanol–water partition coefficient (Wildman–Crippen LogP) is 5.71. The molecule has 3 rings (SSSR count). The van der Waals surface area contributed by atoms with Gasteiger partial charge in [-0.3, -0.25) is 4.79 Å². The maximum Gasteiger partial charge on any atom is 0.267 e. The van der Waals surface area contributed by atoms with E-state index in [4.69, 9.17) is 0 Å². The summed E-state index contributed by atoms with van der Waals surface area (Å²) in [5, 5.41) is 12.5. The van der Waals surface area contributed by atoms with E-state index in [1.165, 1.54) is 0 Å². The minimum absolute atomic E-state index is 0.0762. The van der Waals surface area contributed by atoms with E-state index in [1.54, 1.807) is 18.0 Å². The Morgan fingerprint density at radius 3 is 2.30 bits per heavy atom. The number of nitriles is 1. The average molecular weight is 414 g/mol. The molecular weight excluding hydrogens is 390 g/mol. The zero-order chi connectivity index (χ0) is 21.2. The Balaban J connectivity index is 1.75. The molecule has 0 aromatic heterocycles. The van der Waals surface area contributed by atoms with Gasteiger partial charge in [0.25, 0.3) is 5.91 Å². The number of para-hydroxylation sites is 1. The summed E-state index contributed by atoms with van der Waals surface area (Å²) in [7, 11) is 0. The van der Waals surface area contributed by atoms with Crippen LogP contribution in [-0.2, 0) is 11.3 Å². The first-order valence-electron chi connectivity index (χ1n) is 9.72. The van der Waals surface area contributed by atoms with Gasteiger partial charge in [0.2, 0.25) is 0 Å². The van der Waals surface area contributed by atoms with Gasteiger partial charge in [-0.15, -0.1) is 0 Å². The number of nitrogens with one attached hydrogen (secondary N) is 1. The molecule has 0 aliphatic rings. The first-order chi connectivity index (χ1) is 14.7. The highest BCUT2D eigenvalue weighted by Gasteiger charge is 2.14. The maximum absolute atomic E-state index is 12.8. The van der Waals surface area contributed by atoms with Gasteiger partial charge in [0.1, 0.15) is 11.6 Å². The van der Waals surface area contributed by atoms with Crippen LogP contribution in [0.25, 0.3) is 0 Å². The molecule has 1 amide bonds. The lowest BCUT2D eigenvalue weighted by atomic mass is 10.2. The van der Waals surface area contributed by atoms with Crippen LogP contribution >= 0.6 is 11.8 Å². The van der Waals surface area contributed by atoms with Crippen molar-refractivity contribution in [3.8, 4) is 6.07 Å². The van der Waals surface area contributed by atoms with Crippen LogP contribution < -0.4 is 5.32 Å². The first kappa shape index (κ1) is 21.2. The topological polar surface area (TPSA) is 56.1 Å². The van der Waals surface area contributed by atoms with E-state index in [-0.39, 0.29) is 5.57 Å². The van der Waals surface area contributed by atoms with E-state index in [9.17, 15) is 10.1 Å². The van der Waals surface area contributed by atoms with Crippen LogP contribution in [0.1, 0.15) is 12.5 Å². The fourth-order valence-corrected chi connectivity index (χ4v) is 3.77. The lowest BCUT2D eigenvalue weighted by Crippen LogP contribution is -2.21. The number of rotatable bonds is 8. The van der Waals surface area contributed by atoms with Gasteiger partial charge in [0, 0.05) is 29.1 Å². The number of hydrogen-bond acceptors (Lipinski definition) is 4. The van der Waals surface area contributed by atoms with E-state index in [2.05, 4.69) is 5.32 Å². The Morgan fingerprint density at radius 1 is 1.00 bits per heavy atom. The summed E-state index contributed by atoms with van der Waals surface area (Å²) in [4.78, 5) is 16.8. The standard InChI is InChI=1S/C25H23N3OS/c1-2-28(18-20-11-5-3-6-12-20)19-21(17-26)25(29)27-23-15-9-10-16-24(23)30-22-13-7-4-8-14-22/h3-16,19H,2,18H2,1H3,(H,27,29)/b21-19-. The predicted molar refractivity (Wildman–Crippen MR) is 122 cm³/mol. The van der Waals surface area contributed by atoms with Crippen LogP contribution in [0.3, 0.4) is 0 Å². The Morgan fingerprint density at radius 2 is 1.63 bits per heavy atom. The third-order valence-electron chi connectivity index (χ3n) is 4.42. The van der Waals surface area contributed by atoms with Gasteiger partial charge in [-0.2, -0.15) is 5.26 Å². The smallest absolute Gasteiger partial charge is 0.267 e. The van der Waals surface area contributed by atoms with Gasteiger partial charge in [-0.05, 0) is 36.8 Å². The van der Waals surface area contributed by atoms with E-state index >= 15 is 0 Å². The number of carbonyl (C=O) groups is 1. The fraction of sp³-hybridized carbons (Fsp3) is 0.120. The third-order valence-corrected chi connectivity index (χ3v) is 5.50. The number of amides is 1. The van der Waals surface area contributed by atoms with E-state index < -0.39 is 5.91 Å². The normalized spacial score (nSPS) is 10.9. The number of hydrogen-bond donors (Lipinski definition) is 1. The summed E-state index contributed by atoms with van der Waals surface area (Å²) in [6.07, 6.45) is 1.63. The summed E-state index contributed by atoms with van der Waals surface area (Å²) in [5.41, 5.74) is 1.88. The second kappa shape index (κ2) is 10.9. The Labute approximate surface area is 181 Å². The van der Waals surface area contributed by atoms with Crippen molar-refractivity contribution in [2.45, 2.75) is 23.3 Å². The minimum Gasteiger partial charge on any atom is -0.372 e. The summed E-state index contributed by atoms with van der Waals surface area (Å²) in [6.45, 7) is 3.32. The van der Waals surface area contributed by atoms with Gasteiger partial charge < -0.3 is 10.2 Å². The van der Waals surface area contributed by atoms with Crippen molar-refractivity contribution < 1.29 is 4.79 Å². The molecule has 150 valence electrons. The van der Waals surface area contributed by atoms with Gasteiger partial charge >= 0.3 is 0 Å². The highest BCUT2D eigenvalue weighted by molar-refractivity contribution is 7.99. The molecule has 0 heterocycles. The average Bonchev–Trinajstić information content (AvgIpc) is 2.79. The third kappa shape index (κ3) is 6.00.